The van der Waals surface area contributed by atoms with Crippen molar-refractivity contribution in [1.82, 2.24) is 9.97 Å². The molecule has 1 aliphatic heterocycles. The standard InChI is InChI=1S/C12H17N3O2/c13-11(10-9-14-5-6-15-10)1-3-12(4-2-11)16-7-8-17-12/h5-6,9H,1-4,7-8,13H2. The molecule has 5 heteroatoms. The van der Waals surface area contributed by atoms with Crippen LogP contribution in [-0.4, -0.2) is 29.0 Å². The molecule has 1 saturated carbocycles. The second kappa shape index (κ2) is 4.01. The summed E-state index contributed by atoms with van der Waals surface area (Å²) in [6.45, 7) is 1.39. The van der Waals surface area contributed by atoms with Gasteiger partial charge in [0.05, 0.1) is 30.6 Å². The van der Waals surface area contributed by atoms with E-state index in [2.05, 4.69) is 9.97 Å². The van der Waals surface area contributed by atoms with Gasteiger partial charge in [0.25, 0.3) is 0 Å². The fourth-order valence-corrected chi connectivity index (χ4v) is 2.68. The van der Waals surface area contributed by atoms with Crippen molar-refractivity contribution in [2.75, 3.05) is 13.2 Å². The molecule has 2 fully saturated rings. The Balaban J connectivity index is 1.75. The van der Waals surface area contributed by atoms with E-state index >= 15 is 0 Å². The molecule has 2 aliphatic rings. The van der Waals surface area contributed by atoms with E-state index in [1.807, 2.05) is 0 Å². The van der Waals surface area contributed by atoms with Crippen LogP contribution in [-0.2, 0) is 15.0 Å². The van der Waals surface area contributed by atoms with Crippen LogP contribution in [0.5, 0.6) is 0 Å². The third-order valence-electron chi connectivity index (χ3n) is 3.79. The van der Waals surface area contributed by atoms with Crippen LogP contribution in [0, 0.1) is 0 Å². The zero-order valence-corrected chi connectivity index (χ0v) is 9.76. The molecule has 17 heavy (non-hydrogen) atoms. The maximum absolute atomic E-state index is 6.42. The van der Waals surface area contributed by atoms with E-state index in [0.29, 0.717) is 13.2 Å². The Morgan fingerprint density at radius 2 is 1.76 bits per heavy atom. The van der Waals surface area contributed by atoms with Gasteiger partial charge in [-0.05, 0) is 12.8 Å². The zero-order valence-electron chi connectivity index (χ0n) is 9.76. The number of ether oxygens (including phenoxy) is 2. The maximum Gasteiger partial charge on any atom is 0.168 e. The van der Waals surface area contributed by atoms with E-state index in [1.165, 1.54) is 0 Å². The largest absolute Gasteiger partial charge is 0.348 e. The van der Waals surface area contributed by atoms with E-state index in [9.17, 15) is 0 Å². The van der Waals surface area contributed by atoms with Crippen LogP contribution in [0.2, 0.25) is 0 Å². The van der Waals surface area contributed by atoms with E-state index in [0.717, 1.165) is 31.4 Å². The molecule has 1 saturated heterocycles. The van der Waals surface area contributed by atoms with Crippen LogP contribution in [0.25, 0.3) is 0 Å². The van der Waals surface area contributed by atoms with E-state index < -0.39 is 0 Å². The molecule has 0 atom stereocenters. The van der Waals surface area contributed by atoms with Gasteiger partial charge in [0.2, 0.25) is 0 Å². The first-order valence-corrected chi connectivity index (χ1v) is 6.06. The average Bonchev–Trinajstić information content (AvgIpc) is 2.84. The van der Waals surface area contributed by atoms with Crippen LogP contribution in [0.3, 0.4) is 0 Å². The molecule has 0 unspecified atom stereocenters. The van der Waals surface area contributed by atoms with E-state index in [-0.39, 0.29) is 11.3 Å². The molecule has 1 spiro atoms. The zero-order chi connectivity index (χ0) is 11.8. The Bertz CT molecular complexity index is 380. The van der Waals surface area contributed by atoms with Crippen molar-refractivity contribution in [3.8, 4) is 0 Å². The summed E-state index contributed by atoms with van der Waals surface area (Å²) in [6.07, 6.45) is 8.43. The Kier molecular flexibility index (Phi) is 2.61. The predicted molar refractivity (Wildman–Crippen MR) is 61.0 cm³/mol. The molecule has 1 aliphatic carbocycles. The third-order valence-corrected chi connectivity index (χ3v) is 3.79. The summed E-state index contributed by atoms with van der Waals surface area (Å²) in [5.74, 6) is -0.370. The molecule has 2 N–H and O–H groups in total. The van der Waals surface area contributed by atoms with Crippen LogP contribution in [0.15, 0.2) is 18.6 Å². The van der Waals surface area contributed by atoms with Gasteiger partial charge in [-0.15, -0.1) is 0 Å². The lowest BCUT2D eigenvalue weighted by atomic mass is 9.77. The monoisotopic (exact) mass is 235 g/mol. The van der Waals surface area contributed by atoms with Gasteiger partial charge in [0.15, 0.2) is 5.79 Å². The van der Waals surface area contributed by atoms with Gasteiger partial charge in [-0.3, -0.25) is 9.97 Å². The Hall–Kier alpha value is -1.04. The lowest BCUT2D eigenvalue weighted by Gasteiger charge is -2.40. The molecule has 0 amide bonds. The van der Waals surface area contributed by atoms with Crippen molar-refractivity contribution in [2.45, 2.75) is 37.0 Å². The van der Waals surface area contributed by atoms with Crippen molar-refractivity contribution >= 4 is 0 Å². The highest BCUT2D eigenvalue weighted by atomic mass is 16.7. The fraction of sp³-hybridized carbons (Fsp3) is 0.667. The fourth-order valence-electron chi connectivity index (χ4n) is 2.68. The minimum Gasteiger partial charge on any atom is -0.348 e. The van der Waals surface area contributed by atoms with Crippen LogP contribution < -0.4 is 5.73 Å². The Morgan fingerprint density at radius 3 is 2.35 bits per heavy atom. The second-order valence-electron chi connectivity index (χ2n) is 4.85. The topological polar surface area (TPSA) is 70.3 Å². The van der Waals surface area contributed by atoms with Gasteiger partial charge in [0, 0.05) is 25.2 Å². The number of nitrogens with zero attached hydrogens (tertiary/aromatic N) is 2. The molecule has 1 aromatic rings. The van der Waals surface area contributed by atoms with Gasteiger partial charge in [-0.25, -0.2) is 0 Å². The first-order valence-electron chi connectivity index (χ1n) is 6.06. The van der Waals surface area contributed by atoms with Gasteiger partial charge < -0.3 is 15.2 Å². The molecule has 3 rings (SSSR count). The van der Waals surface area contributed by atoms with Crippen LogP contribution >= 0.6 is 0 Å². The van der Waals surface area contributed by atoms with Gasteiger partial charge in [0.1, 0.15) is 0 Å². The second-order valence-corrected chi connectivity index (χ2v) is 4.85. The summed E-state index contributed by atoms with van der Waals surface area (Å²) in [6, 6.07) is 0. The van der Waals surface area contributed by atoms with Crippen molar-refractivity contribution in [3.05, 3.63) is 24.3 Å². The van der Waals surface area contributed by atoms with Crippen molar-refractivity contribution in [2.24, 2.45) is 5.73 Å². The molecule has 0 aromatic carbocycles. The summed E-state index contributed by atoms with van der Waals surface area (Å²) in [5.41, 5.74) is 6.91. The van der Waals surface area contributed by atoms with Crippen LogP contribution in [0.4, 0.5) is 0 Å². The highest BCUT2D eigenvalue weighted by Crippen LogP contribution is 2.42. The molecule has 0 radical (unpaired) electrons. The minimum atomic E-state index is -0.380. The SMILES string of the molecule is NC1(c2cnccn2)CCC2(CC1)OCCO2. The first-order chi connectivity index (χ1) is 8.23. The molecule has 5 nitrogen and oxygen atoms in total. The number of aromatic nitrogens is 2. The molecule has 92 valence electrons. The van der Waals surface area contributed by atoms with Gasteiger partial charge in [-0.1, -0.05) is 0 Å². The van der Waals surface area contributed by atoms with Gasteiger partial charge in [-0.2, -0.15) is 0 Å². The lowest BCUT2D eigenvalue weighted by molar-refractivity contribution is -0.185. The van der Waals surface area contributed by atoms with Crippen molar-refractivity contribution < 1.29 is 9.47 Å². The summed E-state index contributed by atoms with van der Waals surface area (Å²) < 4.78 is 11.4. The minimum absolute atomic E-state index is 0.370. The highest BCUT2D eigenvalue weighted by Gasteiger charge is 2.45. The van der Waals surface area contributed by atoms with Crippen LogP contribution in [0.1, 0.15) is 31.4 Å². The Labute approximate surface area is 100 Å². The smallest absolute Gasteiger partial charge is 0.168 e. The predicted octanol–water partition coefficient (Wildman–Crippen LogP) is 0.948. The summed E-state index contributed by atoms with van der Waals surface area (Å²) in [4.78, 5) is 8.41. The summed E-state index contributed by atoms with van der Waals surface area (Å²) in [5, 5.41) is 0. The highest BCUT2D eigenvalue weighted by molar-refractivity contribution is 5.13. The lowest BCUT2D eigenvalue weighted by Crippen LogP contribution is -2.47. The van der Waals surface area contributed by atoms with Crippen molar-refractivity contribution in [1.29, 1.82) is 0 Å². The molecule has 1 aromatic heterocycles. The molecule has 0 bridgehead atoms. The van der Waals surface area contributed by atoms with Crippen molar-refractivity contribution in [3.63, 3.8) is 0 Å². The normalized spacial score (nSPS) is 26.2. The van der Waals surface area contributed by atoms with E-state index in [4.69, 9.17) is 15.2 Å². The average molecular weight is 235 g/mol. The molecular formula is C12H17N3O2. The summed E-state index contributed by atoms with van der Waals surface area (Å²) in [7, 11) is 0. The Morgan fingerprint density at radius 1 is 1.06 bits per heavy atom. The van der Waals surface area contributed by atoms with Gasteiger partial charge >= 0.3 is 0 Å². The van der Waals surface area contributed by atoms with E-state index in [1.54, 1.807) is 18.6 Å². The third kappa shape index (κ3) is 1.94. The number of rotatable bonds is 1. The quantitative estimate of drug-likeness (QED) is 0.784. The first kappa shape index (κ1) is 11.1. The summed E-state index contributed by atoms with van der Waals surface area (Å²) >= 11 is 0. The molecule has 2 heterocycles. The maximum atomic E-state index is 6.42. The number of nitrogens with two attached hydrogens (primary N) is 1. The number of hydrogen-bond acceptors (Lipinski definition) is 5. The number of hydrogen-bond donors (Lipinski definition) is 1. The molecular weight excluding hydrogens is 218 g/mol.